The molecule has 4 heterocycles. The summed E-state index contributed by atoms with van der Waals surface area (Å²) in [5.74, 6) is 6.67. The first kappa shape index (κ1) is 25.8. The number of amides is 1. The second-order valence-electron chi connectivity index (χ2n) is 10.4. The predicted molar refractivity (Wildman–Crippen MR) is 148 cm³/mol. The summed E-state index contributed by atoms with van der Waals surface area (Å²) in [4.78, 5) is 28.9. The van der Waals surface area contributed by atoms with E-state index in [1.54, 1.807) is 31.4 Å². The highest BCUT2D eigenvalue weighted by molar-refractivity contribution is 7.21. The van der Waals surface area contributed by atoms with Crippen molar-refractivity contribution in [2.75, 3.05) is 50.2 Å². The van der Waals surface area contributed by atoms with Gasteiger partial charge >= 0.3 is 0 Å². The Morgan fingerprint density at radius 2 is 1.95 bits per heavy atom. The first-order valence-corrected chi connectivity index (χ1v) is 13.9. The highest BCUT2D eigenvalue weighted by atomic mass is 32.1. The van der Waals surface area contributed by atoms with Crippen molar-refractivity contribution in [3.63, 3.8) is 0 Å². The molecule has 0 unspecified atom stereocenters. The molecule has 198 valence electrons. The van der Waals surface area contributed by atoms with Crippen LogP contribution in [0, 0.1) is 5.82 Å². The van der Waals surface area contributed by atoms with E-state index in [1.165, 1.54) is 22.4 Å². The van der Waals surface area contributed by atoms with E-state index in [0.29, 0.717) is 17.8 Å². The molecule has 1 aliphatic heterocycles. The van der Waals surface area contributed by atoms with Gasteiger partial charge in [0, 0.05) is 57.4 Å². The molecule has 1 saturated heterocycles. The van der Waals surface area contributed by atoms with Crippen molar-refractivity contribution in [3.05, 3.63) is 40.8 Å². The summed E-state index contributed by atoms with van der Waals surface area (Å²) in [5, 5.41) is 2.18. The average Bonchev–Trinajstić information content (AvgIpc) is 3.55. The molecule has 10 heteroatoms. The summed E-state index contributed by atoms with van der Waals surface area (Å²) in [7, 11) is 3.55. The van der Waals surface area contributed by atoms with Crippen LogP contribution in [0.3, 0.4) is 0 Å². The van der Waals surface area contributed by atoms with Crippen LogP contribution in [0.2, 0.25) is 0 Å². The lowest BCUT2D eigenvalue weighted by Gasteiger charge is -2.40. The third-order valence-electron chi connectivity index (χ3n) is 7.78. The monoisotopic (exact) mass is 525 g/mol. The molecule has 1 saturated carbocycles. The van der Waals surface area contributed by atoms with Crippen molar-refractivity contribution in [1.82, 2.24) is 19.8 Å². The minimum Gasteiger partial charge on any atom is -0.367 e. The smallest absolute Gasteiger partial charge is 0.263 e. The minimum atomic E-state index is -0.489. The van der Waals surface area contributed by atoms with Crippen LogP contribution in [-0.2, 0) is 0 Å². The SMILES string of the molecule is CCN1CCN(c2cnc(N(N)c3cc4c(C5CCCC5)c(C(=O)N(C)C)sc4cn3)c(F)c2)C[C@H]1C. The number of nitrogens with zero attached hydrogens (tertiary/aromatic N) is 6. The Hall–Kier alpha value is -2.82. The molecule has 3 aromatic rings. The van der Waals surface area contributed by atoms with Crippen LogP contribution < -0.4 is 15.8 Å². The van der Waals surface area contributed by atoms with Gasteiger partial charge in [-0.05, 0) is 43.9 Å². The standard InChI is InChI=1S/C27H36FN7OS/c1-5-33-10-11-34(16-17(33)2)19-12-21(28)26(31-14-19)35(29)23-13-20-22(15-30-23)37-25(27(36)32(3)4)24(20)18-8-6-7-9-18/h12-15,17-18H,5-11,16,29H2,1-4H3/t17-/m1/s1. The number of anilines is 3. The van der Waals surface area contributed by atoms with Crippen molar-refractivity contribution in [1.29, 1.82) is 0 Å². The Morgan fingerprint density at radius 3 is 2.59 bits per heavy atom. The van der Waals surface area contributed by atoms with Gasteiger partial charge in [0.25, 0.3) is 5.91 Å². The number of likely N-dealkylation sites (N-methyl/N-ethyl adjacent to an activating group) is 1. The molecule has 2 fully saturated rings. The second kappa shape index (κ2) is 10.5. The summed E-state index contributed by atoms with van der Waals surface area (Å²) in [6.07, 6.45) is 7.87. The first-order valence-electron chi connectivity index (χ1n) is 13.1. The number of hydrogen-bond donors (Lipinski definition) is 1. The topological polar surface area (TPSA) is 81.8 Å². The van der Waals surface area contributed by atoms with Gasteiger partial charge in [-0.2, -0.15) is 0 Å². The summed E-state index contributed by atoms with van der Waals surface area (Å²) in [6, 6.07) is 3.79. The zero-order valence-electron chi connectivity index (χ0n) is 22.1. The lowest BCUT2D eigenvalue weighted by atomic mass is 9.94. The molecule has 2 N–H and O–H groups in total. The van der Waals surface area contributed by atoms with Crippen molar-refractivity contribution in [2.45, 2.75) is 51.5 Å². The molecule has 3 aromatic heterocycles. The fraction of sp³-hybridized carbons (Fsp3) is 0.519. The van der Waals surface area contributed by atoms with Crippen LogP contribution in [-0.4, -0.2) is 72.0 Å². The van der Waals surface area contributed by atoms with Crippen molar-refractivity contribution in [3.8, 4) is 0 Å². The number of nitrogens with two attached hydrogens (primary N) is 1. The summed E-state index contributed by atoms with van der Waals surface area (Å²) in [5.41, 5.74) is 1.84. The largest absolute Gasteiger partial charge is 0.367 e. The van der Waals surface area contributed by atoms with E-state index in [0.717, 1.165) is 78.1 Å². The molecular weight excluding hydrogens is 489 g/mol. The maximum atomic E-state index is 15.3. The number of hydrogen-bond acceptors (Lipinski definition) is 8. The molecule has 0 bridgehead atoms. The van der Waals surface area contributed by atoms with Crippen LogP contribution in [0.5, 0.6) is 0 Å². The molecule has 5 rings (SSSR count). The Morgan fingerprint density at radius 1 is 1.19 bits per heavy atom. The van der Waals surface area contributed by atoms with Crippen LogP contribution in [0.1, 0.15) is 60.7 Å². The Bertz CT molecular complexity index is 1290. The fourth-order valence-corrected chi connectivity index (χ4v) is 6.96. The quantitative estimate of drug-likeness (QED) is 0.368. The summed E-state index contributed by atoms with van der Waals surface area (Å²) in [6.45, 7) is 7.97. The number of rotatable bonds is 6. The normalized spacial score (nSPS) is 19.1. The average molecular weight is 526 g/mol. The lowest BCUT2D eigenvalue weighted by Crippen LogP contribution is -2.51. The van der Waals surface area contributed by atoms with Gasteiger partial charge in [0.2, 0.25) is 0 Å². The number of hydrazine groups is 1. The third-order valence-corrected chi connectivity index (χ3v) is 8.93. The van der Waals surface area contributed by atoms with E-state index < -0.39 is 5.82 Å². The predicted octanol–water partition coefficient (Wildman–Crippen LogP) is 4.73. The molecule has 1 atom stereocenters. The maximum absolute atomic E-state index is 15.3. The second-order valence-corrected chi connectivity index (χ2v) is 11.4. The lowest BCUT2D eigenvalue weighted by molar-refractivity contribution is 0.0831. The molecule has 0 aromatic carbocycles. The molecule has 1 aliphatic carbocycles. The number of piperazine rings is 1. The van der Waals surface area contributed by atoms with Gasteiger partial charge in [0.1, 0.15) is 5.82 Å². The number of carbonyl (C=O) groups is 1. The van der Waals surface area contributed by atoms with E-state index in [2.05, 4.69) is 33.6 Å². The Labute approximate surface area is 221 Å². The number of carbonyl (C=O) groups excluding carboxylic acids is 1. The van der Waals surface area contributed by atoms with Gasteiger partial charge in [-0.25, -0.2) is 25.2 Å². The van der Waals surface area contributed by atoms with Gasteiger partial charge in [0.15, 0.2) is 11.6 Å². The van der Waals surface area contributed by atoms with Crippen molar-refractivity contribution < 1.29 is 9.18 Å². The van der Waals surface area contributed by atoms with E-state index in [9.17, 15) is 4.79 Å². The Kier molecular flexibility index (Phi) is 7.33. The van der Waals surface area contributed by atoms with E-state index in [4.69, 9.17) is 5.84 Å². The summed E-state index contributed by atoms with van der Waals surface area (Å²) >= 11 is 1.47. The first-order chi connectivity index (χ1) is 17.8. The summed E-state index contributed by atoms with van der Waals surface area (Å²) < 4.78 is 16.3. The zero-order chi connectivity index (χ0) is 26.3. The molecule has 0 radical (unpaired) electrons. The molecular formula is C27H36FN7OS. The highest BCUT2D eigenvalue weighted by Crippen LogP contribution is 2.44. The van der Waals surface area contributed by atoms with Crippen LogP contribution in [0.4, 0.5) is 21.7 Å². The highest BCUT2D eigenvalue weighted by Gasteiger charge is 2.29. The third kappa shape index (κ3) is 4.89. The number of halogens is 1. The van der Waals surface area contributed by atoms with Gasteiger partial charge < -0.3 is 9.80 Å². The van der Waals surface area contributed by atoms with Crippen LogP contribution in [0.15, 0.2) is 24.5 Å². The van der Waals surface area contributed by atoms with Gasteiger partial charge in [-0.1, -0.05) is 19.8 Å². The molecule has 0 spiro atoms. The van der Waals surface area contributed by atoms with Gasteiger partial charge in [0.05, 0.1) is 21.5 Å². The molecule has 1 amide bonds. The van der Waals surface area contributed by atoms with Crippen molar-refractivity contribution >= 4 is 44.7 Å². The van der Waals surface area contributed by atoms with E-state index in [1.807, 2.05) is 6.07 Å². The maximum Gasteiger partial charge on any atom is 0.263 e. The molecule has 2 aliphatic rings. The van der Waals surface area contributed by atoms with E-state index >= 15 is 4.39 Å². The van der Waals surface area contributed by atoms with Crippen LogP contribution >= 0.6 is 11.3 Å². The number of fused-ring (bicyclic) bond motifs is 1. The molecule has 37 heavy (non-hydrogen) atoms. The van der Waals surface area contributed by atoms with E-state index in [-0.39, 0.29) is 11.7 Å². The minimum absolute atomic E-state index is 0.00615. The van der Waals surface area contributed by atoms with Crippen LogP contribution in [0.25, 0.3) is 10.1 Å². The van der Waals surface area contributed by atoms with Gasteiger partial charge in [-0.3, -0.25) is 9.69 Å². The number of aromatic nitrogens is 2. The van der Waals surface area contributed by atoms with Crippen molar-refractivity contribution in [2.24, 2.45) is 5.84 Å². The zero-order valence-corrected chi connectivity index (χ0v) is 22.9. The number of thiophene rings is 1. The number of pyridine rings is 2. The Balaban J connectivity index is 1.46. The fourth-order valence-electron chi connectivity index (χ4n) is 5.70. The molecule has 8 nitrogen and oxygen atoms in total. The van der Waals surface area contributed by atoms with Gasteiger partial charge in [-0.15, -0.1) is 11.3 Å².